The molecule has 1 aromatic rings. The molecular formula is C12H16BrN3O2. The summed E-state index contributed by atoms with van der Waals surface area (Å²) in [5.41, 5.74) is 11.5. The van der Waals surface area contributed by atoms with E-state index in [1.54, 1.807) is 0 Å². The maximum atomic E-state index is 11.7. The van der Waals surface area contributed by atoms with Crippen LogP contribution in [0.5, 0.6) is 0 Å². The Bertz CT molecular complexity index is 451. The van der Waals surface area contributed by atoms with Gasteiger partial charge in [0.15, 0.2) is 0 Å². The number of hydrogen-bond donors (Lipinski definition) is 3. The van der Waals surface area contributed by atoms with Crippen LogP contribution in [-0.4, -0.2) is 17.9 Å². The quantitative estimate of drug-likeness (QED) is 0.751. The second-order valence-corrected chi connectivity index (χ2v) is 4.88. The van der Waals surface area contributed by atoms with Gasteiger partial charge >= 0.3 is 0 Å². The lowest BCUT2D eigenvalue weighted by molar-refractivity contribution is -0.126. The van der Waals surface area contributed by atoms with Crippen LogP contribution in [0.1, 0.15) is 24.9 Å². The summed E-state index contributed by atoms with van der Waals surface area (Å²) in [6.45, 7) is 1.84. The molecule has 2 amide bonds. The van der Waals surface area contributed by atoms with Gasteiger partial charge in [0.1, 0.15) is 0 Å². The van der Waals surface area contributed by atoms with E-state index in [2.05, 4.69) is 21.2 Å². The lowest BCUT2D eigenvalue weighted by Gasteiger charge is -2.18. The molecule has 2 atom stereocenters. The van der Waals surface area contributed by atoms with Crippen molar-refractivity contribution < 1.29 is 9.59 Å². The Morgan fingerprint density at radius 3 is 2.56 bits per heavy atom. The van der Waals surface area contributed by atoms with Gasteiger partial charge in [-0.25, -0.2) is 0 Å². The summed E-state index contributed by atoms with van der Waals surface area (Å²) in [5, 5.41) is 2.74. The van der Waals surface area contributed by atoms with Crippen LogP contribution in [0.25, 0.3) is 0 Å². The average Bonchev–Trinajstić information content (AvgIpc) is 2.28. The highest BCUT2D eigenvalue weighted by Crippen LogP contribution is 2.22. The van der Waals surface area contributed by atoms with Crippen LogP contribution in [-0.2, 0) is 9.59 Å². The summed E-state index contributed by atoms with van der Waals surface area (Å²) >= 11 is 3.41. The van der Waals surface area contributed by atoms with E-state index in [0.717, 1.165) is 10.0 Å². The molecule has 0 aromatic heterocycles. The van der Waals surface area contributed by atoms with Crippen molar-refractivity contribution in [2.24, 2.45) is 11.5 Å². The summed E-state index contributed by atoms with van der Waals surface area (Å²) in [4.78, 5) is 22.4. The fraction of sp³-hybridized carbons (Fsp3) is 0.333. The lowest BCUT2D eigenvalue weighted by atomic mass is 10.1. The number of nitrogens with one attached hydrogen (secondary N) is 1. The molecular weight excluding hydrogens is 298 g/mol. The highest BCUT2D eigenvalue weighted by molar-refractivity contribution is 9.10. The van der Waals surface area contributed by atoms with Crippen LogP contribution in [0, 0.1) is 0 Å². The van der Waals surface area contributed by atoms with Crippen molar-refractivity contribution in [3.05, 3.63) is 34.3 Å². The van der Waals surface area contributed by atoms with Gasteiger partial charge in [-0.05, 0) is 18.6 Å². The van der Waals surface area contributed by atoms with E-state index in [1.165, 1.54) is 0 Å². The molecule has 0 saturated carbocycles. The second kappa shape index (κ2) is 6.51. The van der Waals surface area contributed by atoms with Crippen molar-refractivity contribution in [3.8, 4) is 0 Å². The normalized spacial score (nSPS) is 13.7. The first kappa shape index (κ1) is 14.7. The maximum Gasteiger partial charge on any atom is 0.237 e. The maximum absolute atomic E-state index is 11.7. The molecule has 18 heavy (non-hydrogen) atoms. The molecule has 0 aliphatic rings. The number of amides is 2. The Labute approximate surface area is 114 Å². The van der Waals surface area contributed by atoms with E-state index in [0.29, 0.717) is 0 Å². The molecule has 1 aromatic carbocycles. The molecule has 0 heterocycles. The largest absolute Gasteiger partial charge is 0.370 e. The third-order valence-corrected chi connectivity index (χ3v) is 3.21. The number of carbonyl (C=O) groups excluding carboxylic acids is 2. The molecule has 0 aliphatic heterocycles. The minimum Gasteiger partial charge on any atom is -0.370 e. The first-order valence-electron chi connectivity index (χ1n) is 5.50. The van der Waals surface area contributed by atoms with Crippen LogP contribution in [0.2, 0.25) is 0 Å². The van der Waals surface area contributed by atoms with Crippen molar-refractivity contribution in [1.82, 2.24) is 5.32 Å². The van der Waals surface area contributed by atoms with Gasteiger partial charge in [-0.1, -0.05) is 34.1 Å². The van der Waals surface area contributed by atoms with Crippen molar-refractivity contribution in [2.75, 3.05) is 0 Å². The molecule has 1 rings (SSSR count). The summed E-state index contributed by atoms with van der Waals surface area (Å²) in [6, 6.07) is 6.45. The number of halogens is 1. The molecule has 5 N–H and O–H groups in total. The molecule has 0 fully saturated rings. The van der Waals surface area contributed by atoms with Gasteiger partial charge in [0.05, 0.1) is 18.5 Å². The Balaban J connectivity index is 2.65. The zero-order chi connectivity index (χ0) is 13.7. The van der Waals surface area contributed by atoms with Crippen LogP contribution in [0.4, 0.5) is 0 Å². The van der Waals surface area contributed by atoms with Crippen molar-refractivity contribution >= 4 is 27.7 Å². The van der Waals surface area contributed by atoms with Crippen LogP contribution >= 0.6 is 15.9 Å². The number of rotatable bonds is 5. The SMILES string of the molecule is C[C@@H](NC(=O)C(N)CC(N)=O)c1ccccc1Br. The minimum atomic E-state index is -0.910. The lowest BCUT2D eigenvalue weighted by Crippen LogP contribution is -2.43. The first-order chi connectivity index (χ1) is 8.41. The van der Waals surface area contributed by atoms with Crippen molar-refractivity contribution in [3.63, 3.8) is 0 Å². The standard InChI is InChI=1S/C12H16BrN3O2/c1-7(8-4-2-3-5-9(8)13)16-12(18)10(14)6-11(15)17/h2-5,7,10H,6,14H2,1H3,(H2,15,17)(H,16,18)/t7-,10?/m1/s1. The van der Waals surface area contributed by atoms with E-state index >= 15 is 0 Å². The van der Waals surface area contributed by atoms with Crippen LogP contribution in [0.3, 0.4) is 0 Å². The Hall–Kier alpha value is -1.40. The van der Waals surface area contributed by atoms with Gasteiger partial charge in [-0.2, -0.15) is 0 Å². The van der Waals surface area contributed by atoms with Gasteiger partial charge in [0.25, 0.3) is 0 Å². The molecule has 6 heteroatoms. The van der Waals surface area contributed by atoms with Gasteiger partial charge in [0, 0.05) is 4.47 Å². The van der Waals surface area contributed by atoms with Gasteiger partial charge in [-0.15, -0.1) is 0 Å². The smallest absolute Gasteiger partial charge is 0.237 e. The predicted molar refractivity (Wildman–Crippen MR) is 72.5 cm³/mol. The molecule has 1 unspecified atom stereocenters. The first-order valence-corrected chi connectivity index (χ1v) is 6.29. The molecule has 0 aliphatic carbocycles. The van der Waals surface area contributed by atoms with Crippen LogP contribution in [0.15, 0.2) is 28.7 Å². The number of primary amides is 1. The monoisotopic (exact) mass is 313 g/mol. The number of hydrogen-bond acceptors (Lipinski definition) is 3. The Morgan fingerprint density at radius 2 is 2.00 bits per heavy atom. The topological polar surface area (TPSA) is 98.2 Å². The van der Waals surface area contributed by atoms with Gasteiger partial charge in [-0.3, -0.25) is 9.59 Å². The predicted octanol–water partition coefficient (Wildman–Crippen LogP) is 0.829. The van der Waals surface area contributed by atoms with Crippen LogP contribution < -0.4 is 16.8 Å². The molecule has 0 bridgehead atoms. The summed E-state index contributed by atoms with van der Waals surface area (Å²) < 4.78 is 0.904. The molecule has 5 nitrogen and oxygen atoms in total. The fourth-order valence-electron chi connectivity index (χ4n) is 1.53. The van der Waals surface area contributed by atoms with Crippen molar-refractivity contribution in [1.29, 1.82) is 0 Å². The third kappa shape index (κ3) is 4.12. The number of nitrogens with two attached hydrogens (primary N) is 2. The highest BCUT2D eigenvalue weighted by Gasteiger charge is 2.19. The van der Waals surface area contributed by atoms with Gasteiger partial charge < -0.3 is 16.8 Å². The van der Waals surface area contributed by atoms with E-state index in [1.807, 2.05) is 31.2 Å². The highest BCUT2D eigenvalue weighted by atomic mass is 79.9. The molecule has 98 valence electrons. The zero-order valence-corrected chi connectivity index (χ0v) is 11.6. The van der Waals surface area contributed by atoms with Gasteiger partial charge in [0.2, 0.25) is 11.8 Å². The number of benzene rings is 1. The Morgan fingerprint density at radius 1 is 1.39 bits per heavy atom. The van der Waals surface area contributed by atoms with Crippen molar-refractivity contribution in [2.45, 2.75) is 25.4 Å². The summed E-state index contributed by atoms with van der Waals surface area (Å²) in [6.07, 6.45) is -0.158. The van der Waals surface area contributed by atoms with E-state index in [4.69, 9.17) is 11.5 Å². The second-order valence-electron chi connectivity index (χ2n) is 4.03. The average molecular weight is 314 g/mol. The summed E-state index contributed by atoms with van der Waals surface area (Å²) in [5.74, 6) is -0.983. The molecule has 0 radical (unpaired) electrons. The van der Waals surface area contributed by atoms with E-state index in [-0.39, 0.29) is 12.5 Å². The zero-order valence-electron chi connectivity index (χ0n) is 10.0. The fourth-order valence-corrected chi connectivity index (χ4v) is 2.16. The minimum absolute atomic E-state index is 0.158. The molecule has 0 spiro atoms. The number of carbonyl (C=O) groups is 2. The third-order valence-electron chi connectivity index (χ3n) is 2.49. The van der Waals surface area contributed by atoms with E-state index in [9.17, 15) is 9.59 Å². The molecule has 0 saturated heterocycles. The Kier molecular flexibility index (Phi) is 5.30. The summed E-state index contributed by atoms with van der Waals surface area (Å²) in [7, 11) is 0. The van der Waals surface area contributed by atoms with E-state index < -0.39 is 17.9 Å².